The first-order chi connectivity index (χ1) is 4.84. The van der Waals surface area contributed by atoms with Gasteiger partial charge in [-0.05, 0) is 12.1 Å². The molecular formula is C7H10N2O2. The molecule has 1 rings (SSSR count). The summed E-state index contributed by atoms with van der Waals surface area (Å²) in [6.07, 6.45) is 0. The van der Waals surface area contributed by atoms with Gasteiger partial charge in [0.2, 0.25) is 0 Å². The van der Waals surface area contributed by atoms with Crippen LogP contribution in [0.4, 0.5) is 0 Å². The van der Waals surface area contributed by atoms with Crippen LogP contribution in [0.1, 0.15) is 10.4 Å². The maximum absolute atomic E-state index is 10.7. The number of hydrogen-bond donors (Lipinski definition) is 3. The fourth-order valence-electron chi connectivity index (χ4n) is 0.654. The van der Waals surface area contributed by atoms with Gasteiger partial charge in [-0.25, -0.2) is 5.48 Å². The van der Waals surface area contributed by atoms with E-state index in [9.17, 15) is 4.79 Å². The van der Waals surface area contributed by atoms with Crippen LogP contribution in [0.25, 0.3) is 0 Å². The third-order valence-corrected chi connectivity index (χ3v) is 1.14. The van der Waals surface area contributed by atoms with E-state index in [0.29, 0.717) is 5.56 Å². The van der Waals surface area contributed by atoms with Gasteiger partial charge in [-0.1, -0.05) is 18.2 Å². The Labute approximate surface area is 64.4 Å². The molecule has 0 unspecified atom stereocenters. The lowest BCUT2D eigenvalue weighted by Crippen LogP contribution is -2.18. The van der Waals surface area contributed by atoms with Gasteiger partial charge in [0.15, 0.2) is 0 Å². The molecule has 0 aliphatic carbocycles. The van der Waals surface area contributed by atoms with E-state index in [1.54, 1.807) is 35.8 Å². The zero-order chi connectivity index (χ0) is 7.40. The molecule has 0 aliphatic rings. The van der Waals surface area contributed by atoms with Crippen molar-refractivity contribution in [3.8, 4) is 0 Å². The third kappa shape index (κ3) is 2.37. The summed E-state index contributed by atoms with van der Waals surface area (Å²) in [6.45, 7) is 0. The van der Waals surface area contributed by atoms with Crippen molar-refractivity contribution in [2.24, 2.45) is 0 Å². The Hall–Kier alpha value is -1.39. The number of carbonyl (C=O) groups is 1. The molecule has 5 N–H and O–H groups in total. The molecule has 0 bridgehead atoms. The van der Waals surface area contributed by atoms with Crippen molar-refractivity contribution in [3.05, 3.63) is 35.9 Å². The molecule has 0 aliphatic heterocycles. The van der Waals surface area contributed by atoms with Crippen LogP contribution in [-0.4, -0.2) is 11.1 Å². The molecule has 1 aromatic rings. The zero-order valence-electron chi connectivity index (χ0n) is 5.95. The number of rotatable bonds is 1. The highest BCUT2D eigenvalue weighted by Crippen LogP contribution is 1.96. The lowest BCUT2D eigenvalue weighted by atomic mass is 10.2. The smallest absolute Gasteiger partial charge is 0.274 e. The average Bonchev–Trinajstić information content (AvgIpc) is 2.05. The SMILES string of the molecule is N.O=C(NO)c1ccccc1. The fraction of sp³-hybridized carbons (Fsp3) is 0. The van der Waals surface area contributed by atoms with Crippen LogP contribution in [0.5, 0.6) is 0 Å². The lowest BCUT2D eigenvalue weighted by Gasteiger charge is -1.94. The van der Waals surface area contributed by atoms with E-state index in [0.717, 1.165) is 0 Å². The highest BCUT2D eigenvalue weighted by molar-refractivity contribution is 5.93. The topological polar surface area (TPSA) is 84.3 Å². The first kappa shape index (κ1) is 9.61. The van der Waals surface area contributed by atoms with Gasteiger partial charge < -0.3 is 6.15 Å². The van der Waals surface area contributed by atoms with Crippen LogP contribution in [-0.2, 0) is 0 Å². The summed E-state index contributed by atoms with van der Waals surface area (Å²) in [5, 5.41) is 8.19. The van der Waals surface area contributed by atoms with E-state index in [2.05, 4.69) is 0 Å². The Balaban J connectivity index is 0.000001000. The number of carbonyl (C=O) groups excluding carboxylic acids is 1. The van der Waals surface area contributed by atoms with Crippen molar-refractivity contribution < 1.29 is 10.0 Å². The summed E-state index contributed by atoms with van der Waals surface area (Å²) in [5.74, 6) is -0.486. The first-order valence-electron chi connectivity index (χ1n) is 2.84. The second kappa shape index (κ2) is 4.43. The maximum Gasteiger partial charge on any atom is 0.274 e. The van der Waals surface area contributed by atoms with Crippen LogP contribution in [0.15, 0.2) is 30.3 Å². The minimum absolute atomic E-state index is 0. The predicted molar refractivity (Wildman–Crippen MR) is 40.7 cm³/mol. The third-order valence-electron chi connectivity index (χ3n) is 1.14. The minimum Gasteiger partial charge on any atom is -0.344 e. The average molecular weight is 154 g/mol. The fourth-order valence-corrected chi connectivity index (χ4v) is 0.654. The molecular weight excluding hydrogens is 144 g/mol. The number of hydroxylamine groups is 1. The number of hydrogen-bond acceptors (Lipinski definition) is 3. The van der Waals surface area contributed by atoms with Gasteiger partial charge in [0.25, 0.3) is 5.91 Å². The van der Waals surface area contributed by atoms with E-state index in [1.807, 2.05) is 0 Å². The summed E-state index contributed by atoms with van der Waals surface area (Å²) >= 11 is 0. The Kier molecular flexibility index (Phi) is 3.87. The monoisotopic (exact) mass is 154 g/mol. The number of nitrogens with one attached hydrogen (secondary N) is 1. The van der Waals surface area contributed by atoms with Crippen molar-refractivity contribution in [1.29, 1.82) is 0 Å². The highest BCUT2D eigenvalue weighted by Gasteiger charge is 1.99. The predicted octanol–water partition coefficient (Wildman–Crippen LogP) is 0.968. The van der Waals surface area contributed by atoms with E-state index in [4.69, 9.17) is 5.21 Å². The zero-order valence-corrected chi connectivity index (χ0v) is 5.95. The molecule has 0 saturated carbocycles. The molecule has 0 heterocycles. The van der Waals surface area contributed by atoms with Crippen LogP contribution in [0.2, 0.25) is 0 Å². The van der Waals surface area contributed by atoms with Crippen molar-refractivity contribution >= 4 is 5.91 Å². The standard InChI is InChI=1S/C7H7NO2.H3N/c9-7(8-10)6-4-2-1-3-5-6;/h1-5,10H,(H,8,9);1H3. The molecule has 11 heavy (non-hydrogen) atoms. The minimum atomic E-state index is -0.486. The van der Waals surface area contributed by atoms with E-state index >= 15 is 0 Å². The van der Waals surface area contributed by atoms with Gasteiger partial charge in [-0.3, -0.25) is 10.0 Å². The molecule has 4 heteroatoms. The Bertz CT molecular complexity index is 223. The Morgan fingerprint density at radius 2 is 1.82 bits per heavy atom. The second-order valence-electron chi connectivity index (χ2n) is 1.81. The lowest BCUT2D eigenvalue weighted by molar-refractivity contribution is 0.0706. The number of benzene rings is 1. The normalized spacial score (nSPS) is 8.09. The molecule has 0 spiro atoms. The second-order valence-corrected chi connectivity index (χ2v) is 1.81. The van der Waals surface area contributed by atoms with Crippen molar-refractivity contribution in [1.82, 2.24) is 11.6 Å². The summed E-state index contributed by atoms with van der Waals surface area (Å²) in [4.78, 5) is 10.7. The van der Waals surface area contributed by atoms with Gasteiger partial charge in [-0.15, -0.1) is 0 Å². The van der Waals surface area contributed by atoms with E-state index < -0.39 is 5.91 Å². The van der Waals surface area contributed by atoms with E-state index in [1.165, 1.54) is 0 Å². The Morgan fingerprint density at radius 3 is 2.27 bits per heavy atom. The van der Waals surface area contributed by atoms with Crippen LogP contribution < -0.4 is 11.6 Å². The van der Waals surface area contributed by atoms with Gasteiger partial charge in [0.05, 0.1) is 0 Å². The molecule has 1 amide bonds. The summed E-state index contributed by atoms with van der Waals surface area (Å²) < 4.78 is 0. The van der Waals surface area contributed by atoms with Crippen molar-refractivity contribution in [2.75, 3.05) is 0 Å². The van der Waals surface area contributed by atoms with E-state index in [-0.39, 0.29) is 6.15 Å². The maximum atomic E-state index is 10.7. The largest absolute Gasteiger partial charge is 0.344 e. The first-order valence-corrected chi connectivity index (χ1v) is 2.84. The summed E-state index contributed by atoms with van der Waals surface area (Å²) in [7, 11) is 0. The summed E-state index contributed by atoms with van der Waals surface area (Å²) in [5.41, 5.74) is 1.99. The molecule has 0 fully saturated rings. The van der Waals surface area contributed by atoms with Gasteiger partial charge in [0, 0.05) is 5.56 Å². The van der Waals surface area contributed by atoms with Crippen LogP contribution in [0, 0.1) is 0 Å². The molecule has 0 atom stereocenters. The number of amides is 1. The van der Waals surface area contributed by atoms with Crippen LogP contribution in [0.3, 0.4) is 0 Å². The molecule has 1 aromatic carbocycles. The molecule has 0 radical (unpaired) electrons. The van der Waals surface area contributed by atoms with Crippen molar-refractivity contribution in [3.63, 3.8) is 0 Å². The van der Waals surface area contributed by atoms with Gasteiger partial charge >= 0.3 is 0 Å². The molecule has 4 nitrogen and oxygen atoms in total. The molecule has 0 aromatic heterocycles. The highest BCUT2D eigenvalue weighted by atomic mass is 16.5. The molecule has 60 valence electrons. The quantitative estimate of drug-likeness (QED) is 0.416. The van der Waals surface area contributed by atoms with Gasteiger partial charge in [0.1, 0.15) is 0 Å². The van der Waals surface area contributed by atoms with Crippen LogP contribution >= 0.6 is 0 Å². The van der Waals surface area contributed by atoms with Gasteiger partial charge in [-0.2, -0.15) is 0 Å². The summed E-state index contributed by atoms with van der Waals surface area (Å²) in [6, 6.07) is 8.49. The molecule has 0 saturated heterocycles. The van der Waals surface area contributed by atoms with Crippen molar-refractivity contribution in [2.45, 2.75) is 0 Å². The Morgan fingerprint density at radius 1 is 1.27 bits per heavy atom.